The Bertz CT molecular complexity index is 1160. The van der Waals surface area contributed by atoms with Crippen LogP contribution in [0.25, 0.3) is 0 Å². The molecule has 2 aliphatic rings. The summed E-state index contributed by atoms with van der Waals surface area (Å²) >= 11 is 7.71. The van der Waals surface area contributed by atoms with Gasteiger partial charge in [-0.05, 0) is 60.1 Å². The maximum absolute atomic E-state index is 12.9. The number of aliphatic hydroxyl groups excluding tert-OH is 2. The SMILES string of the molecule is O=C(NCc1cc(Cc2ccccc2Cl)cs1)[C@H](O)[C@@H](O)C(=O)N1CCCN1C1=CC=CCC=C1. The Morgan fingerprint density at radius 2 is 1.97 bits per heavy atom. The Morgan fingerprint density at radius 1 is 1.14 bits per heavy atom. The molecule has 1 aliphatic heterocycles. The van der Waals surface area contributed by atoms with E-state index in [9.17, 15) is 19.8 Å². The molecule has 35 heavy (non-hydrogen) atoms. The lowest BCUT2D eigenvalue weighted by molar-refractivity contribution is -0.160. The molecule has 3 N–H and O–H groups in total. The number of nitrogens with zero attached hydrogens (tertiary/aromatic N) is 2. The molecule has 1 aromatic heterocycles. The fraction of sp³-hybridized carbons (Fsp3) is 0.308. The van der Waals surface area contributed by atoms with Crippen LogP contribution in [-0.4, -0.2) is 57.3 Å². The van der Waals surface area contributed by atoms with Crippen molar-refractivity contribution in [2.24, 2.45) is 0 Å². The molecule has 0 bridgehead atoms. The molecule has 184 valence electrons. The zero-order valence-electron chi connectivity index (χ0n) is 19.1. The molecule has 2 aromatic rings. The Kier molecular flexibility index (Phi) is 8.41. The van der Waals surface area contributed by atoms with E-state index in [0.29, 0.717) is 24.5 Å². The maximum Gasteiger partial charge on any atom is 0.273 e. The van der Waals surface area contributed by atoms with Gasteiger partial charge < -0.3 is 15.5 Å². The third kappa shape index (κ3) is 6.21. The molecule has 2 heterocycles. The summed E-state index contributed by atoms with van der Waals surface area (Å²) in [6, 6.07) is 9.60. The summed E-state index contributed by atoms with van der Waals surface area (Å²) in [4.78, 5) is 26.3. The number of carbonyl (C=O) groups is 2. The summed E-state index contributed by atoms with van der Waals surface area (Å²) in [6.45, 7) is 1.20. The number of hydrogen-bond donors (Lipinski definition) is 3. The Hall–Kier alpha value is -2.91. The molecule has 1 saturated heterocycles. The number of hydrazine groups is 1. The summed E-state index contributed by atoms with van der Waals surface area (Å²) in [6.07, 6.45) is 8.19. The lowest BCUT2D eigenvalue weighted by Crippen LogP contribution is -2.53. The van der Waals surface area contributed by atoms with Crippen LogP contribution in [0.15, 0.2) is 71.8 Å². The van der Waals surface area contributed by atoms with Crippen LogP contribution in [0.1, 0.15) is 28.8 Å². The van der Waals surface area contributed by atoms with E-state index < -0.39 is 24.0 Å². The summed E-state index contributed by atoms with van der Waals surface area (Å²) in [7, 11) is 0. The highest BCUT2D eigenvalue weighted by Gasteiger charge is 2.37. The first-order valence-electron chi connectivity index (χ1n) is 11.5. The van der Waals surface area contributed by atoms with Crippen molar-refractivity contribution >= 4 is 34.8 Å². The molecule has 0 spiro atoms. The number of thiophene rings is 1. The lowest BCUT2D eigenvalue weighted by Gasteiger charge is -2.32. The van der Waals surface area contributed by atoms with E-state index >= 15 is 0 Å². The van der Waals surface area contributed by atoms with E-state index in [4.69, 9.17) is 11.6 Å². The van der Waals surface area contributed by atoms with Gasteiger partial charge in [0.25, 0.3) is 11.8 Å². The van der Waals surface area contributed by atoms with Crippen molar-refractivity contribution in [1.29, 1.82) is 0 Å². The first kappa shape index (κ1) is 25.2. The lowest BCUT2D eigenvalue weighted by atomic mass is 10.1. The number of rotatable bonds is 8. The number of benzene rings is 1. The smallest absolute Gasteiger partial charge is 0.273 e. The van der Waals surface area contributed by atoms with E-state index in [1.807, 2.05) is 66.1 Å². The Labute approximate surface area is 213 Å². The average Bonchev–Trinajstić information content (AvgIpc) is 3.45. The van der Waals surface area contributed by atoms with Gasteiger partial charge >= 0.3 is 0 Å². The first-order chi connectivity index (χ1) is 16.9. The zero-order chi connectivity index (χ0) is 24.8. The van der Waals surface area contributed by atoms with Gasteiger partial charge in [0.2, 0.25) is 0 Å². The van der Waals surface area contributed by atoms with Crippen molar-refractivity contribution in [2.75, 3.05) is 13.1 Å². The van der Waals surface area contributed by atoms with Crippen molar-refractivity contribution in [2.45, 2.75) is 38.0 Å². The molecule has 7 nitrogen and oxygen atoms in total. The molecule has 0 radical (unpaired) electrons. The van der Waals surface area contributed by atoms with E-state index in [1.54, 1.807) is 5.01 Å². The third-order valence-electron chi connectivity index (χ3n) is 5.87. The van der Waals surface area contributed by atoms with E-state index in [-0.39, 0.29) is 6.54 Å². The Morgan fingerprint density at radius 3 is 2.80 bits per heavy atom. The third-order valence-corrected chi connectivity index (χ3v) is 7.22. The number of aliphatic hydroxyl groups is 2. The van der Waals surface area contributed by atoms with Crippen molar-refractivity contribution in [3.05, 3.63) is 92.8 Å². The standard InChI is InChI=1S/C26H28ClN3O4S/c27-22-11-6-5-8-19(22)14-18-15-21(35-17-18)16-28-25(33)23(31)24(32)26(34)30-13-7-12-29(30)20-9-3-1-2-4-10-20/h1,3-6,8-11,15,17,23-24,31-32H,2,7,12-14,16H2,(H,28,33)/t23-,24-/m1/s1. The van der Waals surface area contributed by atoms with Gasteiger partial charge in [-0.3, -0.25) is 19.6 Å². The minimum absolute atomic E-state index is 0.184. The molecule has 1 fully saturated rings. The van der Waals surface area contributed by atoms with Gasteiger partial charge in [0.15, 0.2) is 12.2 Å². The highest BCUT2D eigenvalue weighted by molar-refractivity contribution is 7.10. The number of allylic oxidation sites excluding steroid dienone is 5. The summed E-state index contributed by atoms with van der Waals surface area (Å²) in [5.74, 6) is -1.50. The van der Waals surface area contributed by atoms with E-state index in [1.165, 1.54) is 16.3 Å². The van der Waals surface area contributed by atoms with Crippen LogP contribution < -0.4 is 5.32 Å². The molecule has 9 heteroatoms. The molecule has 4 rings (SSSR count). The Balaban J connectivity index is 1.32. The number of nitrogens with one attached hydrogen (secondary N) is 1. The molecule has 1 aliphatic carbocycles. The fourth-order valence-electron chi connectivity index (χ4n) is 4.03. The van der Waals surface area contributed by atoms with Crippen LogP contribution >= 0.6 is 22.9 Å². The summed E-state index contributed by atoms with van der Waals surface area (Å²) in [5, 5.41) is 29.4. The van der Waals surface area contributed by atoms with Gasteiger partial charge in [0.05, 0.1) is 12.2 Å². The van der Waals surface area contributed by atoms with Crippen molar-refractivity contribution in [3.63, 3.8) is 0 Å². The molecular weight excluding hydrogens is 486 g/mol. The van der Waals surface area contributed by atoms with Crippen LogP contribution in [-0.2, 0) is 22.6 Å². The molecule has 2 atom stereocenters. The molecule has 2 amide bonds. The molecule has 1 aromatic carbocycles. The van der Waals surface area contributed by atoms with Crippen LogP contribution in [0.3, 0.4) is 0 Å². The largest absolute Gasteiger partial charge is 0.380 e. The number of halogens is 1. The van der Waals surface area contributed by atoms with Crippen LogP contribution in [0.5, 0.6) is 0 Å². The van der Waals surface area contributed by atoms with Crippen LogP contribution in [0, 0.1) is 0 Å². The second kappa shape index (κ2) is 11.7. The topological polar surface area (TPSA) is 93.1 Å². The molecular formula is C26H28ClN3O4S. The molecule has 0 saturated carbocycles. The number of carbonyl (C=O) groups excluding carboxylic acids is 2. The highest BCUT2D eigenvalue weighted by Crippen LogP contribution is 2.23. The second-order valence-electron chi connectivity index (χ2n) is 8.39. The van der Waals surface area contributed by atoms with E-state index in [2.05, 4.69) is 5.32 Å². The quantitative estimate of drug-likeness (QED) is 0.504. The number of amides is 2. The van der Waals surface area contributed by atoms with Gasteiger partial charge in [-0.25, -0.2) is 0 Å². The zero-order valence-corrected chi connectivity index (χ0v) is 20.7. The van der Waals surface area contributed by atoms with Crippen molar-refractivity contribution in [3.8, 4) is 0 Å². The second-order valence-corrected chi connectivity index (χ2v) is 9.80. The predicted octanol–water partition coefficient (Wildman–Crippen LogP) is 3.18. The van der Waals surface area contributed by atoms with Crippen LogP contribution in [0.2, 0.25) is 5.02 Å². The normalized spacial score (nSPS) is 17.2. The van der Waals surface area contributed by atoms with Crippen LogP contribution in [0.4, 0.5) is 0 Å². The monoisotopic (exact) mass is 513 g/mol. The summed E-state index contributed by atoms with van der Waals surface area (Å²) < 4.78 is 0. The minimum atomic E-state index is -1.87. The predicted molar refractivity (Wildman–Crippen MR) is 136 cm³/mol. The van der Waals surface area contributed by atoms with Gasteiger partial charge in [0.1, 0.15) is 0 Å². The summed E-state index contributed by atoms with van der Waals surface area (Å²) in [5.41, 5.74) is 2.90. The van der Waals surface area contributed by atoms with Gasteiger partial charge in [-0.2, -0.15) is 0 Å². The van der Waals surface area contributed by atoms with Gasteiger partial charge in [0, 0.05) is 23.0 Å². The molecule has 0 unspecified atom stereocenters. The van der Waals surface area contributed by atoms with Gasteiger partial charge in [-0.1, -0.05) is 48.0 Å². The average molecular weight is 514 g/mol. The fourth-order valence-corrected chi connectivity index (χ4v) is 5.06. The van der Waals surface area contributed by atoms with Gasteiger partial charge in [-0.15, -0.1) is 11.3 Å². The first-order valence-corrected chi connectivity index (χ1v) is 12.8. The number of hydrogen-bond acceptors (Lipinski definition) is 6. The van der Waals surface area contributed by atoms with E-state index in [0.717, 1.165) is 34.5 Å². The highest BCUT2D eigenvalue weighted by atomic mass is 35.5. The van der Waals surface area contributed by atoms with Crippen molar-refractivity contribution in [1.82, 2.24) is 15.3 Å². The van der Waals surface area contributed by atoms with Crippen molar-refractivity contribution < 1.29 is 19.8 Å². The minimum Gasteiger partial charge on any atom is -0.380 e. The maximum atomic E-state index is 12.9.